The molecule has 8 heteroatoms. The zero-order valence-corrected chi connectivity index (χ0v) is 11.1. The molecule has 0 radical (unpaired) electrons. The molecule has 21 heavy (non-hydrogen) atoms. The van der Waals surface area contributed by atoms with Gasteiger partial charge in [0, 0.05) is 12.6 Å². The summed E-state index contributed by atoms with van der Waals surface area (Å²) >= 11 is 0. The number of piperidine rings is 1. The lowest BCUT2D eigenvalue weighted by molar-refractivity contribution is 0.0481. The number of nitrogens with zero attached hydrogens (tertiary/aromatic N) is 4. The van der Waals surface area contributed by atoms with Crippen LogP contribution in [0.2, 0.25) is 0 Å². The highest BCUT2D eigenvalue weighted by atomic mass is 19.1. The van der Waals surface area contributed by atoms with Crippen molar-refractivity contribution in [2.24, 2.45) is 0 Å². The van der Waals surface area contributed by atoms with Gasteiger partial charge in [-0.2, -0.15) is 0 Å². The normalized spacial score (nSPS) is 18.5. The smallest absolute Gasteiger partial charge is 0.316 e. The van der Waals surface area contributed by atoms with Gasteiger partial charge in [0.2, 0.25) is 5.76 Å². The Labute approximate surface area is 119 Å². The molecule has 0 N–H and O–H groups in total. The number of amides is 1. The van der Waals surface area contributed by atoms with Crippen molar-refractivity contribution in [1.82, 2.24) is 20.0 Å². The van der Waals surface area contributed by atoms with Gasteiger partial charge in [-0.15, -0.1) is 0 Å². The van der Waals surface area contributed by atoms with Gasteiger partial charge in [-0.25, -0.2) is 14.4 Å². The SMILES string of the molecule is O=C(c1ccno1)N1CCC[C@@H](Oc2ncc(F)cn2)C1. The summed E-state index contributed by atoms with van der Waals surface area (Å²) in [5, 5.41) is 3.52. The van der Waals surface area contributed by atoms with Gasteiger partial charge in [-0.3, -0.25) is 4.79 Å². The van der Waals surface area contributed by atoms with Gasteiger partial charge in [0.25, 0.3) is 5.91 Å². The molecule has 1 saturated heterocycles. The Hall–Kier alpha value is -2.51. The summed E-state index contributed by atoms with van der Waals surface area (Å²) in [5.74, 6) is -0.539. The Morgan fingerprint density at radius 2 is 2.24 bits per heavy atom. The molecule has 1 fully saturated rings. The lowest BCUT2D eigenvalue weighted by Crippen LogP contribution is -2.44. The average Bonchev–Trinajstić information content (AvgIpc) is 3.03. The highest BCUT2D eigenvalue weighted by Crippen LogP contribution is 2.17. The third kappa shape index (κ3) is 3.15. The first-order chi connectivity index (χ1) is 10.2. The number of halogens is 1. The molecule has 1 aliphatic heterocycles. The van der Waals surface area contributed by atoms with E-state index in [1.165, 1.54) is 12.3 Å². The second kappa shape index (κ2) is 5.86. The second-order valence-electron chi connectivity index (χ2n) is 4.69. The first-order valence-corrected chi connectivity index (χ1v) is 6.56. The van der Waals surface area contributed by atoms with Crippen LogP contribution in [0.4, 0.5) is 4.39 Å². The largest absolute Gasteiger partial charge is 0.458 e. The van der Waals surface area contributed by atoms with E-state index >= 15 is 0 Å². The number of rotatable bonds is 3. The summed E-state index contributed by atoms with van der Waals surface area (Å²) in [5.41, 5.74) is 0. The Bertz CT molecular complexity index is 602. The number of carbonyl (C=O) groups excluding carboxylic acids is 1. The van der Waals surface area contributed by atoms with Crippen LogP contribution in [0.25, 0.3) is 0 Å². The summed E-state index contributed by atoms with van der Waals surface area (Å²) in [4.78, 5) is 21.3. The van der Waals surface area contributed by atoms with Crippen molar-refractivity contribution in [3.63, 3.8) is 0 Å². The molecule has 3 heterocycles. The molecule has 1 amide bonds. The molecular formula is C13H13FN4O3. The summed E-state index contributed by atoms with van der Waals surface area (Å²) in [7, 11) is 0. The van der Waals surface area contributed by atoms with Crippen molar-refractivity contribution in [2.75, 3.05) is 13.1 Å². The van der Waals surface area contributed by atoms with Crippen LogP contribution in [0, 0.1) is 5.82 Å². The lowest BCUT2D eigenvalue weighted by Gasteiger charge is -2.31. The van der Waals surface area contributed by atoms with Gasteiger partial charge in [0.05, 0.1) is 25.1 Å². The number of carbonyl (C=O) groups is 1. The van der Waals surface area contributed by atoms with Gasteiger partial charge in [-0.1, -0.05) is 5.16 Å². The van der Waals surface area contributed by atoms with Crippen LogP contribution in [-0.2, 0) is 0 Å². The van der Waals surface area contributed by atoms with Gasteiger partial charge in [-0.05, 0) is 12.8 Å². The number of hydrogen-bond acceptors (Lipinski definition) is 6. The number of aromatic nitrogens is 3. The van der Waals surface area contributed by atoms with Crippen molar-refractivity contribution in [3.8, 4) is 6.01 Å². The zero-order valence-electron chi connectivity index (χ0n) is 11.1. The van der Waals surface area contributed by atoms with E-state index in [-0.39, 0.29) is 23.8 Å². The average molecular weight is 292 g/mol. The van der Waals surface area contributed by atoms with Crippen LogP contribution < -0.4 is 4.74 Å². The van der Waals surface area contributed by atoms with E-state index in [2.05, 4.69) is 15.1 Å². The van der Waals surface area contributed by atoms with E-state index in [9.17, 15) is 9.18 Å². The van der Waals surface area contributed by atoms with E-state index in [0.717, 1.165) is 25.2 Å². The molecular weight excluding hydrogens is 279 g/mol. The van der Waals surface area contributed by atoms with Crippen LogP contribution >= 0.6 is 0 Å². The van der Waals surface area contributed by atoms with Crippen LogP contribution in [-0.4, -0.2) is 45.1 Å². The molecule has 2 aromatic rings. The van der Waals surface area contributed by atoms with Gasteiger partial charge < -0.3 is 14.2 Å². The number of hydrogen-bond donors (Lipinski definition) is 0. The minimum Gasteiger partial charge on any atom is -0.458 e. The molecule has 1 aliphatic rings. The Balaban J connectivity index is 1.63. The van der Waals surface area contributed by atoms with Crippen molar-refractivity contribution < 1.29 is 18.4 Å². The van der Waals surface area contributed by atoms with E-state index < -0.39 is 5.82 Å². The standard InChI is InChI=1S/C13H13FN4O3/c14-9-6-15-13(16-7-9)20-10-2-1-5-18(8-10)12(19)11-3-4-17-21-11/h3-4,6-7,10H,1-2,5,8H2/t10-/m1/s1. The van der Waals surface area contributed by atoms with Gasteiger partial charge >= 0.3 is 6.01 Å². The van der Waals surface area contributed by atoms with Crippen LogP contribution in [0.15, 0.2) is 29.2 Å². The Morgan fingerprint density at radius 1 is 1.43 bits per heavy atom. The monoisotopic (exact) mass is 292 g/mol. The summed E-state index contributed by atoms with van der Waals surface area (Å²) in [6.07, 6.45) is 4.87. The predicted octanol–water partition coefficient (Wildman–Crippen LogP) is 1.29. The minimum atomic E-state index is -0.520. The predicted molar refractivity (Wildman–Crippen MR) is 68.0 cm³/mol. The fourth-order valence-corrected chi connectivity index (χ4v) is 2.21. The van der Waals surface area contributed by atoms with E-state index in [1.54, 1.807) is 4.90 Å². The van der Waals surface area contributed by atoms with Crippen LogP contribution in [0.1, 0.15) is 23.4 Å². The molecule has 0 saturated carbocycles. The van der Waals surface area contributed by atoms with E-state index in [0.29, 0.717) is 13.1 Å². The van der Waals surface area contributed by atoms with Crippen molar-refractivity contribution >= 4 is 5.91 Å². The maximum Gasteiger partial charge on any atom is 0.316 e. The molecule has 0 unspecified atom stereocenters. The third-order valence-electron chi connectivity index (χ3n) is 3.18. The van der Waals surface area contributed by atoms with E-state index in [4.69, 9.17) is 9.26 Å². The fraction of sp³-hybridized carbons (Fsp3) is 0.385. The topological polar surface area (TPSA) is 81.4 Å². The summed E-state index contributed by atoms with van der Waals surface area (Å²) < 4.78 is 23.2. The third-order valence-corrected chi connectivity index (χ3v) is 3.18. The Kier molecular flexibility index (Phi) is 3.76. The molecule has 0 aliphatic carbocycles. The summed E-state index contributed by atoms with van der Waals surface area (Å²) in [6.45, 7) is 1.03. The maximum atomic E-state index is 12.7. The van der Waals surface area contributed by atoms with Gasteiger partial charge in [0.15, 0.2) is 5.82 Å². The van der Waals surface area contributed by atoms with E-state index in [1.807, 2.05) is 0 Å². The molecule has 0 aromatic carbocycles. The molecule has 3 rings (SSSR count). The fourth-order valence-electron chi connectivity index (χ4n) is 2.21. The highest BCUT2D eigenvalue weighted by molar-refractivity contribution is 5.91. The van der Waals surface area contributed by atoms with Crippen molar-refractivity contribution in [1.29, 1.82) is 0 Å². The number of likely N-dealkylation sites (tertiary alicyclic amines) is 1. The molecule has 0 bridgehead atoms. The molecule has 7 nitrogen and oxygen atoms in total. The lowest BCUT2D eigenvalue weighted by atomic mass is 10.1. The summed E-state index contributed by atoms with van der Waals surface area (Å²) in [6, 6.07) is 1.63. The van der Waals surface area contributed by atoms with Crippen molar-refractivity contribution in [3.05, 3.63) is 36.2 Å². The first-order valence-electron chi connectivity index (χ1n) is 6.56. The minimum absolute atomic E-state index is 0.107. The highest BCUT2D eigenvalue weighted by Gasteiger charge is 2.27. The van der Waals surface area contributed by atoms with Gasteiger partial charge in [0.1, 0.15) is 6.10 Å². The zero-order chi connectivity index (χ0) is 14.7. The molecule has 2 aromatic heterocycles. The second-order valence-corrected chi connectivity index (χ2v) is 4.69. The quantitative estimate of drug-likeness (QED) is 0.847. The molecule has 1 atom stereocenters. The van der Waals surface area contributed by atoms with Crippen LogP contribution in [0.5, 0.6) is 6.01 Å². The molecule has 110 valence electrons. The Morgan fingerprint density at radius 3 is 2.95 bits per heavy atom. The first kappa shape index (κ1) is 13.5. The number of ether oxygens (including phenoxy) is 1. The maximum absolute atomic E-state index is 12.7. The molecule has 0 spiro atoms. The van der Waals surface area contributed by atoms with Crippen LogP contribution in [0.3, 0.4) is 0 Å². The van der Waals surface area contributed by atoms with Crippen molar-refractivity contribution in [2.45, 2.75) is 18.9 Å².